The van der Waals surface area contributed by atoms with Crippen molar-refractivity contribution in [2.24, 2.45) is 0 Å². The standard InChI is InChI=1S/C15H24N6O4S/c1-11-9-21(10-12(2)25-11)26(23,24)20-7-5-19(6-8-20)15(22)13-14(16)18-4-3-17-13/h3-4,11-12H,5-10H2,1-2H3,(H2,16,18). The largest absolute Gasteiger partial charge is 0.382 e. The maximum absolute atomic E-state index is 12.9. The van der Waals surface area contributed by atoms with Crippen LogP contribution >= 0.6 is 0 Å². The van der Waals surface area contributed by atoms with Gasteiger partial charge in [0.25, 0.3) is 16.1 Å². The van der Waals surface area contributed by atoms with Gasteiger partial charge in [0.2, 0.25) is 0 Å². The van der Waals surface area contributed by atoms with Gasteiger partial charge >= 0.3 is 0 Å². The molecule has 144 valence electrons. The Morgan fingerprint density at radius 3 is 2.23 bits per heavy atom. The molecule has 0 saturated carbocycles. The zero-order chi connectivity index (χ0) is 18.9. The molecule has 3 rings (SSSR count). The van der Waals surface area contributed by atoms with Crippen molar-refractivity contribution in [2.45, 2.75) is 26.1 Å². The van der Waals surface area contributed by atoms with E-state index >= 15 is 0 Å². The number of nitrogens with zero attached hydrogens (tertiary/aromatic N) is 5. The molecule has 2 unspecified atom stereocenters. The van der Waals surface area contributed by atoms with Gasteiger partial charge in [-0.3, -0.25) is 4.79 Å². The van der Waals surface area contributed by atoms with Crippen molar-refractivity contribution in [1.82, 2.24) is 23.5 Å². The third-order valence-electron chi connectivity index (χ3n) is 4.49. The normalized spacial score (nSPS) is 26.0. The molecule has 2 aliphatic rings. The molecule has 2 aliphatic heterocycles. The van der Waals surface area contributed by atoms with Crippen LogP contribution in [0.5, 0.6) is 0 Å². The topological polar surface area (TPSA) is 122 Å². The molecular weight excluding hydrogens is 360 g/mol. The van der Waals surface area contributed by atoms with Gasteiger partial charge in [0.05, 0.1) is 12.2 Å². The molecule has 2 N–H and O–H groups in total. The number of hydrogen-bond acceptors (Lipinski definition) is 7. The van der Waals surface area contributed by atoms with E-state index in [4.69, 9.17) is 10.5 Å². The van der Waals surface area contributed by atoms with Crippen molar-refractivity contribution in [3.63, 3.8) is 0 Å². The van der Waals surface area contributed by atoms with Crippen LogP contribution < -0.4 is 5.73 Å². The molecule has 1 amide bonds. The highest BCUT2D eigenvalue weighted by Crippen LogP contribution is 2.19. The molecule has 2 saturated heterocycles. The summed E-state index contributed by atoms with van der Waals surface area (Å²) in [4.78, 5) is 21.9. The number of ether oxygens (including phenoxy) is 1. The summed E-state index contributed by atoms with van der Waals surface area (Å²) in [5, 5.41) is 0. The van der Waals surface area contributed by atoms with E-state index in [9.17, 15) is 13.2 Å². The Labute approximate surface area is 153 Å². The zero-order valence-corrected chi connectivity index (χ0v) is 15.7. The van der Waals surface area contributed by atoms with Crippen molar-refractivity contribution in [2.75, 3.05) is 45.0 Å². The maximum atomic E-state index is 12.9. The average molecular weight is 384 g/mol. The summed E-state index contributed by atoms with van der Waals surface area (Å²) in [6, 6.07) is 0. The number of piperazine rings is 1. The van der Waals surface area contributed by atoms with E-state index in [0.29, 0.717) is 13.1 Å². The lowest BCUT2D eigenvalue weighted by molar-refractivity contribution is -0.0457. The lowest BCUT2D eigenvalue weighted by Crippen LogP contribution is -2.57. The monoisotopic (exact) mass is 384 g/mol. The lowest BCUT2D eigenvalue weighted by atomic mass is 10.3. The fourth-order valence-electron chi connectivity index (χ4n) is 3.27. The second-order valence-corrected chi connectivity index (χ2v) is 8.49. The first-order valence-corrected chi connectivity index (χ1v) is 9.95. The highest BCUT2D eigenvalue weighted by atomic mass is 32.2. The van der Waals surface area contributed by atoms with Gasteiger partial charge in [-0.15, -0.1) is 0 Å². The van der Waals surface area contributed by atoms with Gasteiger partial charge in [-0.05, 0) is 13.8 Å². The molecule has 3 heterocycles. The van der Waals surface area contributed by atoms with E-state index in [1.807, 2.05) is 13.8 Å². The van der Waals surface area contributed by atoms with Crippen LogP contribution in [-0.2, 0) is 14.9 Å². The van der Waals surface area contributed by atoms with Gasteiger partial charge in [0.15, 0.2) is 11.5 Å². The van der Waals surface area contributed by atoms with Crippen LogP contribution in [0, 0.1) is 0 Å². The molecule has 0 radical (unpaired) electrons. The maximum Gasteiger partial charge on any atom is 0.282 e. The number of hydrogen-bond donors (Lipinski definition) is 1. The second kappa shape index (κ2) is 7.43. The first-order chi connectivity index (χ1) is 12.3. The third kappa shape index (κ3) is 3.80. The van der Waals surface area contributed by atoms with Crippen LogP contribution in [0.15, 0.2) is 12.4 Å². The minimum atomic E-state index is -3.58. The molecular formula is C15H24N6O4S. The second-order valence-electron chi connectivity index (χ2n) is 6.56. The Morgan fingerprint density at radius 1 is 1.08 bits per heavy atom. The Bertz CT molecular complexity index is 755. The Hall–Kier alpha value is -1.82. The van der Waals surface area contributed by atoms with E-state index in [2.05, 4.69) is 9.97 Å². The summed E-state index contributed by atoms with van der Waals surface area (Å²) >= 11 is 0. The molecule has 26 heavy (non-hydrogen) atoms. The summed E-state index contributed by atoms with van der Waals surface area (Å²) in [6.07, 6.45) is 2.54. The van der Waals surface area contributed by atoms with Gasteiger partial charge < -0.3 is 15.4 Å². The van der Waals surface area contributed by atoms with E-state index in [-0.39, 0.29) is 55.8 Å². The van der Waals surface area contributed by atoms with E-state index in [0.717, 1.165) is 0 Å². The molecule has 11 heteroatoms. The minimum absolute atomic E-state index is 0.0730. The number of amides is 1. The SMILES string of the molecule is CC1CN(S(=O)(=O)N2CCN(C(=O)c3nccnc3N)CC2)CC(C)O1. The summed E-state index contributed by atoms with van der Waals surface area (Å²) in [6.45, 7) is 5.42. The van der Waals surface area contributed by atoms with Crippen molar-refractivity contribution >= 4 is 21.9 Å². The average Bonchev–Trinajstić information content (AvgIpc) is 2.61. The van der Waals surface area contributed by atoms with E-state index in [1.54, 1.807) is 4.90 Å². The van der Waals surface area contributed by atoms with Gasteiger partial charge in [0, 0.05) is 51.7 Å². The molecule has 1 aromatic rings. The minimum Gasteiger partial charge on any atom is -0.382 e. The number of nitrogens with two attached hydrogens (primary N) is 1. The molecule has 2 atom stereocenters. The van der Waals surface area contributed by atoms with Crippen LogP contribution in [0.1, 0.15) is 24.3 Å². The van der Waals surface area contributed by atoms with E-state index < -0.39 is 10.2 Å². The molecule has 0 bridgehead atoms. The highest BCUT2D eigenvalue weighted by Gasteiger charge is 2.37. The molecule has 0 aliphatic carbocycles. The number of carbonyl (C=O) groups is 1. The van der Waals surface area contributed by atoms with Gasteiger partial charge in [-0.2, -0.15) is 17.0 Å². The summed E-state index contributed by atoms with van der Waals surface area (Å²) in [5.41, 5.74) is 5.80. The van der Waals surface area contributed by atoms with Crippen molar-refractivity contribution in [1.29, 1.82) is 0 Å². The summed E-state index contributed by atoms with van der Waals surface area (Å²) in [5.74, 6) is -0.259. The number of carbonyl (C=O) groups excluding carboxylic acids is 1. The lowest BCUT2D eigenvalue weighted by Gasteiger charge is -2.40. The van der Waals surface area contributed by atoms with Crippen LogP contribution in [0.3, 0.4) is 0 Å². The highest BCUT2D eigenvalue weighted by molar-refractivity contribution is 7.86. The fraction of sp³-hybridized carbons (Fsp3) is 0.667. The van der Waals surface area contributed by atoms with Gasteiger partial charge in [0.1, 0.15) is 0 Å². The Balaban J connectivity index is 1.64. The molecule has 1 aromatic heterocycles. The number of nitrogen functional groups attached to an aromatic ring is 1. The zero-order valence-electron chi connectivity index (χ0n) is 14.9. The predicted octanol–water partition coefficient (Wildman–Crippen LogP) is -0.829. The predicted molar refractivity (Wildman–Crippen MR) is 94.4 cm³/mol. The third-order valence-corrected chi connectivity index (χ3v) is 6.46. The quantitative estimate of drug-likeness (QED) is 0.722. The van der Waals surface area contributed by atoms with Crippen LogP contribution in [-0.4, -0.2) is 89.3 Å². The first-order valence-electron chi connectivity index (χ1n) is 8.55. The number of aromatic nitrogens is 2. The first kappa shape index (κ1) is 19.0. The molecule has 0 aromatic carbocycles. The van der Waals surface area contributed by atoms with Gasteiger partial charge in [-0.25, -0.2) is 9.97 Å². The van der Waals surface area contributed by atoms with Crippen LogP contribution in [0.4, 0.5) is 5.82 Å². The molecule has 2 fully saturated rings. The Morgan fingerprint density at radius 2 is 1.65 bits per heavy atom. The van der Waals surface area contributed by atoms with Gasteiger partial charge in [-0.1, -0.05) is 0 Å². The molecule has 0 spiro atoms. The van der Waals surface area contributed by atoms with Crippen LogP contribution in [0.25, 0.3) is 0 Å². The van der Waals surface area contributed by atoms with E-state index in [1.165, 1.54) is 21.0 Å². The smallest absolute Gasteiger partial charge is 0.282 e. The summed E-state index contributed by atoms with van der Waals surface area (Å²) in [7, 11) is -3.58. The van der Waals surface area contributed by atoms with Crippen molar-refractivity contribution in [3.05, 3.63) is 18.1 Å². The molecule has 10 nitrogen and oxygen atoms in total. The number of morpholine rings is 1. The number of anilines is 1. The summed E-state index contributed by atoms with van der Waals surface area (Å²) < 4.78 is 34.3. The van der Waals surface area contributed by atoms with Crippen molar-refractivity contribution in [3.8, 4) is 0 Å². The Kier molecular flexibility index (Phi) is 5.42. The van der Waals surface area contributed by atoms with Crippen molar-refractivity contribution < 1.29 is 17.9 Å². The fourth-order valence-corrected chi connectivity index (χ4v) is 5.02. The number of rotatable bonds is 3. The van der Waals surface area contributed by atoms with Crippen LogP contribution in [0.2, 0.25) is 0 Å².